The van der Waals surface area contributed by atoms with Gasteiger partial charge in [-0.25, -0.2) is 4.79 Å². The maximum absolute atomic E-state index is 12.1. The van der Waals surface area contributed by atoms with E-state index in [0.29, 0.717) is 12.8 Å². The van der Waals surface area contributed by atoms with E-state index in [1.54, 1.807) is 0 Å². The molecule has 2 N–H and O–H groups in total. The molecule has 1 aromatic carbocycles. The molecule has 1 amide bonds. The fourth-order valence-corrected chi connectivity index (χ4v) is 3.44. The molecule has 1 aromatic rings. The van der Waals surface area contributed by atoms with Gasteiger partial charge in [0.05, 0.1) is 0 Å². The molecule has 0 saturated carbocycles. The topological polar surface area (TPSA) is 66.4 Å². The molecule has 1 rings (SSSR count). The fraction of sp³-hybridized carbons (Fsp3) is 0.667. The van der Waals surface area contributed by atoms with Crippen LogP contribution in [0.25, 0.3) is 0 Å². The molecule has 29 heavy (non-hydrogen) atoms. The van der Waals surface area contributed by atoms with Crippen LogP contribution in [0.5, 0.6) is 0 Å². The van der Waals surface area contributed by atoms with Gasteiger partial charge in [0.15, 0.2) is 0 Å². The van der Waals surface area contributed by atoms with Crippen molar-refractivity contribution in [2.45, 2.75) is 103 Å². The van der Waals surface area contributed by atoms with Crippen LogP contribution >= 0.6 is 0 Å². The summed E-state index contributed by atoms with van der Waals surface area (Å²) in [5, 5.41) is 12.0. The average Bonchev–Trinajstić information content (AvgIpc) is 2.69. The summed E-state index contributed by atoms with van der Waals surface area (Å²) in [4.78, 5) is 23.5. The zero-order chi connectivity index (χ0) is 20.5. The minimum Gasteiger partial charge on any atom is -1.00 e. The summed E-state index contributed by atoms with van der Waals surface area (Å²) in [5.41, 5.74) is 0.917. The summed E-state index contributed by atoms with van der Waals surface area (Å²) in [7, 11) is 0. The predicted octanol–water partition coefficient (Wildman–Crippen LogP) is 3.01. The summed E-state index contributed by atoms with van der Waals surface area (Å²) in [5.74, 6) is -1.14. The summed E-state index contributed by atoms with van der Waals surface area (Å²) in [6.07, 6.45) is 15.8. The smallest absolute Gasteiger partial charge is 1.00 e. The first-order valence-corrected chi connectivity index (χ1v) is 11.2. The van der Waals surface area contributed by atoms with Crippen LogP contribution in [-0.2, 0) is 16.0 Å². The molecule has 1 atom stereocenters. The molecule has 0 aliphatic heterocycles. The second-order valence-electron chi connectivity index (χ2n) is 7.79. The number of carbonyl (C=O) groups is 2. The van der Waals surface area contributed by atoms with Gasteiger partial charge in [-0.15, -0.1) is 0 Å². The number of unbranched alkanes of at least 4 members (excludes halogenated alkanes) is 11. The third-order valence-electron chi connectivity index (χ3n) is 5.17. The standard InChI is InChI=1S/C24H39NO3.Na.H/c1-2-3-4-5-6-7-8-9-10-11-12-16-19-23(26)25-22(24(27)28)20-21-17-14-13-15-18-21;;/h13-15,17-18,22H,2-12,16,19-20H2,1H3,(H,25,26)(H,27,28);;/q;+1;-1/t22-;;/m0../s1. The minimum absolute atomic E-state index is 0. The van der Waals surface area contributed by atoms with Crippen LogP contribution in [0.4, 0.5) is 0 Å². The first-order valence-electron chi connectivity index (χ1n) is 11.2. The van der Waals surface area contributed by atoms with Gasteiger partial charge in [-0.05, 0) is 12.0 Å². The van der Waals surface area contributed by atoms with Gasteiger partial charge in [-0.2, -0.15) is 0 Å². The van der Waals surface area contributed by atoms with Gasteiger partial charge in [0.2, 0.25) is 5.91 Å². The quantitative estimate of drug-likeness (QED) is 0.305. The fourth-order valence-electron chi connectivity index (χ4n) is 3.44. The molecule has 0 aliphatic carbocycles. The maximum atomic E-state index is 12.1. The second-order valence-corrected chi connectivity index (χ2v) is 7.79. The Labute approximate surface area is 201 Å². The van der Waals surface area contributed by atoms with Crippen molar-refractivity contribution in [1.82, 2.24) is 5.32 Å². The van der Waals surface area contributed by atoms with Crippen molar-refractivity contribution in [1.29, 1.82) is 0 Å². The van der Waals surface area contributed by atoms with Crippen molar-refractivity contribution in [2.24, 2.45) is 0 Å². The van der Waals surface area contributed by atoms with Crippen LogP contribution in [0.3, 0.4) is 0 Å². The van der Waals surface area contributed by atoms with E-state index in [1.165, 1.54) is 57.8 Å². The largest absolute Gasteiger partial charge is 1.00 e. The average molecular weight is 414 g/mol. The molecule has 5 heteroatoms. The Morgan fingerprint density at radius 3 is 1.83 bits per heavy atom. The number of carbonyl (C=O) groups excluding carboxylic acids is 1. The number of rotatable bonds is 17. The number of carboxylic acid groups (broad SMARTS) is 1. The van der Waals surface area contributed by atoms with Crippen molar-refractivity contribution in [3.8, 4) is 0 Å². The van der Waals surface area contributed by atoms with Crippen molar-refractivity contribution in [3.63, 3.8) is 0 Å². The molecule has 0 aliphatic rings. The van der Waals surface area contributed by atoms with E-state index < -0.39 is 12.0 Å². The van der Waals surface area contributed by atoms with E-state index in [9.17, 15) is 14.7 Å². The molecule has 0 heterocycles. The van der Waals surface area contributed by atoms with Crippen LogP contribution in [-0.4, -0.2) is 23.0 Å². The Kier molecular flexibility index (Phi) is 18.6. The molecule has 0 radical (unpaired) electrons. The molecule has 0 spiro atoms. The number of hydrogen-bond acceptors (Lipinski definition) is 2. The van der Waals surface area contributed by atoms with Crippen molar-refractivity contribution in [3.05, 3.63) is 35.9 Å². The van der Waals surface area contributed by atoms with Crippen LogP contribution in [0.15, 0.2) is 30.3 Å². The molecular weight excluding hydrogens is 373 g/mol. The maximum Gasteiger partial charge on any atom is 1.00 e. The van der Waals surface area contributed by atoms with Gasteiger partial charge in [0.1, 0.15) is 6.04 Å². The van der Waals surface area contributed by atoms with Crippen molar-refractivity contribution >= 4 is 11.9 Å². The number of amides is 1. The molecular formula is C24H40NNaO3. The number of aliphatic carboxylic acids is 1. The van der Waals surface area contributed by atoms with E-state index in [4.69, 9.17) is 0 Å². The molecule has 160 valence electrons. The number of nitrogens with one attached hydrogen (secondary N) is 1. The first-order chi connectivity index (χ1) is 13.6. The van der Waals surface area contributed by atoms with E-state index >= 15 is 0 Å². The molecule has 0 fully saturated rings. The Morgan fingerprint density at radius 1 is 0.862 bits per heavy atom. The van der Waals surface area contributed by atoms with E-state index in [-0.39, 0.29) is 36.9 Å². The summed E-state index contributed by atoms with van der Waals surface area (Å²) >= 11 is 0. The second kappa shape index (κ2) is 19.1. The summed E-state index contributed by atoms with van der Waals surface area (Å²) < 4.78 is 0. The monoisotopic (exact) mass is 413 g/mol. The van der Waals surface area contributed by atoms with Gasteiger partial charge in [0, 0.05) is 12.8 Å². The number of carboxylic acids is 1. The van der Waals surface area contributed by atoms with E-state index in [1.807, 2.05) is 30.3 Å². The minimum atomic E-state index is -0.980. The molecule has 0 unspecified atom stereocenters. The zero-order valence-electron chi connectivity index (χ0n) is 19.6. The summed E-state index contributed by atoms with van der Waals surface area (Å²) in [6, 6.07) is 8.56. The van der Waals surface area contributed by atoms with Crippen LogP contribution in [0.2, 0.25) is 0 Å². The zero-order valence-corrected chi connectivity index (χ0v) is 20.6. The molecule has 0 saturated heterocycles. The van der Waals surface area contributed by atoms with E-state index in [0.717, 1.165) is 24.8 Å². The van der Waals surface area contributed by atoms with Gasteiger partial charge < -0.3 is 11.8 Å². The van der Waals surface area contributed by atoms with Gasteiger partial charge in [0.25, 0.3) is 0 Å². The summed E-state index contributed by atoms with van der Waals surface area (Å²) in [6.45, 7) is 2.25. The van der Waals surface area contributed by atoms with Gasteiger partial charge in [-0.1, -0.05) is 108 Å². The Bertz CT molecular complexity index is 543. The number of hydrogen-bond donors (Lipinski definition) is 2. The Hall–Kier alpha value is -0.840. The molecule has 0 aromatic heterocycles. The Morgan fingerprint density at radius 2 is 1.34 bits per heavy atom. The van der Waals surface area contributed by atoms with Gasteiger partial charge >= 0.3 is 35.5 Å². The van der Waals surface area contributed by atoms with Crippen molar-refractivity contribution in [2.75, 3.05) is 0 Å². The van der Waals surface area contributed by atoms with Gasteiger partial charge in [-0.3, -0.25) is 4.79 Å². The normalized spacial score (nSPS) is 11.5. The molecule has 4 nitrogen and oxygen atoms in total. The SMILES string of the molecule is CCCCCCCCCCCCCCC(=O)N[C@@H](Cc1ccccc1)C(=O)O.[H-].[Na+]. The third kappa shape index (κ3) is 15.6. The first kappa shape index (κ1) is 28.2. The third-order valence-corrected chi connectivity index (χ3v) is 5.17. The predicted molar refractivity (Wildman–Crippen MR) is 117 cm³/mol. The Balaban J connectivity index is 0. The number of benzene rings is 1. The van der Waals surface area contributed by atoms with Crippen LogP contribution < -0.4 is 34.9 Å². The van der Waals surface area contributed by atoms with Crippen LogP contribution in [0, 0.1) is 0 Å². The van der Waals surface area contributed by atoms with Crippen molar-refractivity contribution < 1.29 is 45.7 Å². The van der Waals surface area contributed by atoms with Crippen LogP contribution in [0.1, 0.15) is 97.4 Å². The molecule has 0 bridgehead atoms. The van der Waals surface area contributed by atoms with E-state index in [2.05, 4.69) is 12.2 Å².